The van der Waals surface area contributed by atoms with Crippen molar-refractivity contribution in [3.63, 3.8) is 0 Å². The van der Waals surface area contributed by atoms with Crippen LogP contribution in [0.1, 0.15) is 41.4 Å². The van der Waals surface area contributed by atoms with Gasteiger partial charge in [0, 0.05) is 55.3 Å². The minimum Gasteiger partial charge on any atom is -0.514 e. The van der Waals surface area contributed by atoms with Crippen LogP contribution in [0.15, 0.2) is 40.2 Å². The molecule has 1 aromatic heterocycles. The zero-order valence-electron chi connectivity index (χ0n) is 16.4. The maximum Gasteiger partial charge on any atom is 0.255 e. The molecular weight excluding hydrogens is 376 g/mol. The molecular formula is C21H27ClN4O2. The lowest BCUT2D eigenvalue weighted by atomic mass is 10.1. The molecule has 1 aliphatic heterocycles. The van der Waals surface area contributed by atoms with Gasteiger partial charge in [-0.2, -0.15) is 0 Å². The number of hydrogen-bond acceptors (Lipinski definition) is 5. The number of aromatic nitrogens is 1. The Labute approximate surface area is 171 Å². The molecule has 7 heteroatoms. The van der Waals surface area contributed by atoms with Crippen molar-refractivity contribution in [1.82, 2.24) is 15.2 Å². The molecule has 1 atom stereocenters. The summed E-state index contributed by atoms with van der Waals surface area (Å²) in [4.78, 5) is 23.8. The standard InChI is InChI=1S/C21H27ClN4O2/c1-14(16(9-17(22)13-27)11-24-10-15-3-4-15)26-12-19-18(21(26)28)5-8-25-20(19)6-7-23-2/h5,8-9,11,13-15,23,27H,3-4,6-7,10,12H2,1-2H3/b16-9+,17-13-,24-11-. The fraction of sp³-hybridized carbons (Fsp3) is 0.476. The van der Waals surface area contributed by atoms with Gasteiger partial charge in [-0.3, -0.25) is 14.8 Å². The van der Waals surface area contributed by atoms with Crippen LogP contribution < -0.4 is 5.32 Å². The molecule has 28 heavy (non-hydrogen) atoms. The van der Waals surface area contributed by atoms with Crippen LogP contribution in [-0.2, 0) is 13.0 Å². The second kappa shape index (κ2) is 9.34. The molecule has 2 heterocycles. The van der Waals surface area contributed by atoms with Crippen molar-refractivity contribution >= 4 is 23.7 Å². The minimum atomic E-state index is -0.228. The lowest BCUT2D eigenvalue weighted by molar-refractivity contribution is 0.0745. The molecule has 2 aliphatic rings. The average molecular weight is 403 g/mol. The number of hydrogen-bond donors (Lipinski definition) is 2. The number of likely N-dealkylation sites (N-methyl/N-ethyl adjacent to an activating group) is 1. The van der Waals surface area contributed by atoms with Gasteiger partial charge in [0.05, 0.1) is 17.3 Å². The first-order valence-electron chi connectivity index (χ1n) is 9.68. The number of pyridine rings is 1. The molecule has 0 bridgehead atoms. The van der Waals surface area contributed by atoms with E-state index in [2.05, 4.69) is 15.3 Å². The van der Waals surface area contributed by atoms with E-state index in [1.165, 1.54) is 12.8 Å². The van der Waals surface area contributed by atoms with Crippen LogP contribution in [0.2, 0.25) is 0 Å². The van der Waals surface area contributed by atoms with E-state index >= 15 is 0 Å². The summed E-state index contributed by atoms with van der Waals surface area (Å²) >= 11 is 6.03. The maximum absolute atomic E-state index is 13.0. The second-order valence-electron chi connectivity index (χ2n) is 7.34. The van der Waals surface area contributed by atoms with Crippen LogP contribution in [0.5, 0.6) is 0 Å². The molecule has 0 radical (unpaired) electrons. The Morgan fingerprint density at radius 3 is 3.00 bits per heavy atom. The summed E-state index contributed by atoms with van der Waals surface area (Å²) in [6.45, 7) is 4.07. The van der Waals surface area contributed by atoms with E-state index < -0.39 is 0 Å². The van der Waals surface area contributed by atoms with E-state index in [4.69, 9.17) is 11.6 Å². The zero-order valence-corrected chi connectivity index (χ0v) is 17.1. The number of nitrogens with zero attached hydrogens (tertiary/aromatic N) is 3. The SMILES string of the molecule is CNCCc1nccc2c1CN(C(C)C(/C=N\CC1CC1)=C/C(Cl)=C/O)C2=O. The van der Waals surface area contributed by atoms with Crippen LogP contribution in [-0.4, -0.2) is 53.3 Å². The van der Waals surface area contributed by atoms with Gasteiger partial charge in [0.1, 0.15) is 0 Å². The number of aliphatic hydroxyl groups excluding tert-OH is 1. The van der Waals surface area contributed by atoms with E-state index in [1.54, 1.807) is 24.6 Å². The van der Waals surface area contributed by atoms with Crippen molar-refractivity contribution in [2.45, 2.75) is 38.8 Å². The number of rotatable bonds is 9. The Morgan fingerprint density at radius 1 is 1.54 bits per heavy atom. The number of nitrogens with one attached hydrogen (secondary N) is 1. The fourth-order valence-electron chi connectivity index (χ4n) is 3.33. The Hall–Kier alpha value is -2.18. The molecule has 1 unspecified atom stereocenters. The monoisotopic (exact) mass is 402 g/mol. The van der Waals surface area contributed by atoms with Crippen LogP contribution in [0, 0.1) is 5.92 Å². The predicted molar refractivity (Wildman–Crippen MR) is 112 cm³/mol. The zero-order chi connectivity index (χ0) is 20.1. The van der Waals surface area contributed by atoms with Gasteiger partial charge >= 0.3 is 0 Å². The summed E-state index contributed by atoms with van der Waals surface area (Å²) in [5.41, 5.74) is 3.46. The third kappa shape index (κ3) is 4.80. The minimum absolute atomic E-state index is 0.0128. The number of halogens is 1. The van der Waals surface area contributed by atoms with Gasteiger partial charge in [-0.25, -0.2) is 0 Å². The molecule has 0 aromatic carbocycles. The summed E-state index contributed by atoms with van der Waals surface area (Å²) in [7, 11) is 1.90. The molecule has 1 aromatic rings. The summed E-state index contributed by atoms with van der Waals surface area (Å²) in [5.74, 6) is 0.663. The van der Waals surface area contributed by atoms with Crippen molar-refractivity contribution in [1.29, 1.82) is 0 Å². The first kappa shape index (κ1) is 20.6. The average Bonchev–Trinajstić information content (AvgIpc) is 3.47. The lowest BCUT2D eigenvalue weighted by Gasteiger charge is -2.25. The summed E-state index contributed by atoms with van der Waals surface area (Å²) in [5, 5.41) is 12.5. The molecule has 2 N–H and O–H groups in total. The summed E-state index contributed by atoms with van der Waals surface area (Å²) < 4.78 is 0. The van der Waals surface area contributed by atoms with Crippen molar-refractivity contribution in [2.24, 2.45) is 10.9 Å². The lowest BCUT2D eigenvalue weighted by Crippen LogP contribution is -2.35. The highest BCUT2D eigenvalue weighted by molar-refractivity contribution is 6.31. The van der Waals surface area contributed by atoms with E-state index in [9.17, 15) is 9.90 Å². The molecule has 1 fully saturated rings. The Balaban J connectivity index is 1.82. The van der Waals surface area contributed by atoms with E-state index in [0.29, 0.717) is 18.0 Å². The molecule has 1 amide bonds. The molecule has 1 aliphatic carbocycles. The fourth-order valence-corrected chi connectivity index (χ4v) is 3.46. The van der Waals surface area contributed by atoms with Gasteiger partial charge in [-0.05, 0) is 50.4 Å². The highest BCUT2D eigenvalue weighted by Gasteiger charge is 2.33. The van der Waals surface area contributed by atoms with E-state index in [-0.39, 0.29) is 17.0 Å². The van der Waals surface area contributed by atoms with Crippen molar-refractivity contribution in [3.05, 3.63) is 52.0 Å². The molecule has 3 rings (SSSR count). The number of aliphatic imine (C=N–C) groups is 1. The number of carbonyl (C=O) groups excluding carboxylic acids is 1. The first-order valence-corrected chi connectivity index (χ1v) is 10.1. The summed E-state index contributed by atoms with van der Waals surface area (Å²) in [6.07, 6.45) is 9.24. The highest BCUT2D eigenvalue weighted by atomic mass is 35.5. The maximum atomic E-state index is 13.0. The topological polar surface area (TPSA) is 77.8 Å². The van der Waals surface area contributed by atoms with Crippen LogP contribution >= 0.6 is 11.6 Å². The second-order valence-corrected chi connectivity index (χ2v) is 7.78. The number of fused-ring (bicyclic) bond motifs is 1. The van der Waals surface area contributed by atoms with Gasteiger partial charge in [-0.15, -0.1) is 0 Å². The van der Waals surface area contributed by atoms with Crippen molar-refractivity contribution in [3.8, 4) is 0 Å². The van der Waals surface area contributed by atoms with Gasteiger partial charge in [0.2, 0.25) is 0 Å². The molecule has 0 spiro atoms. The number of amides is 1. The van der Waals surface area contributed by atoms with E-state index in [1.807, 2.05) is 18.9 Å². The normalized spacial score (nSPS) is 18.8. The van der Waals surface area contributed by atoms with Crippen molar-refractivity contribution < 1.29 is 9.90 Å². The number of aliphatic hydroxyl groups is 1. The number of carbonyl (C=O) groups is 1. The molecule has 150 valence electrons. The molecule has 0 saturated heterocycles. The van der Waals surface area contributed by atoms with Gasteiger partial charge in [0.15, 0.2) is 0 Å². The Bertz CT molecular complexity index is 815. The third-order valence-electron chi connectivity index (χ3n) is 5.26. The predicted octanol–water partition coefficient (Wildman–Crippen LogP) is 3.23. The van der Waals surface area contributed by atoms with Crippen LogP contribution in [0.4, 0.5) is 0 Å². The number of allylic oxidation sites excluding steroid dienone is 2. The van der Waals surface area contributed by atoms with Crippen molar-refractivity contribution in [2.75, 3.05) is 20.1 Å². The van der Waals surface area contributed by atoms with Crippen LogP contribution in [0.25, 0.3) is 0 Å². The smallest absolute Gasteiger partial charge is 0.255 e. The van der Waals surface area contributed by atoms with Gasteiger partial charge in [0.25, 0.3) is 5.91 Å². The summed E-state index contributed by atoms with van der Waals surface area (Å²) in [6, 6.07) is 1.56. The van der Waals surface area contributed by atoms with Gasteiger partial charge < -0.3 is 15.3 Å². The largest absolute Gasteiger partial charge is 0.514 e. The highest BCUT2D eigenvalue weighted by Crippen LogP contribution is 2.30. The molecule has 6 nitrogen and oxygen atoms in total. The van der Waals surface area contributed by atoms with E-state index in [0.717, 1.165) is 42.6 Å². The molecule has 1 saturated carbocycles. The quantitative estimate of drug-likeness (QED) is 0.377. The first-order chi connectivity index (χ1) is 13.5. The van der Waals surface area contributed by atoms with Crippen LogP contribution in [0.3, 0.4) is 0 Å². The Morgan fingerprint density at radius 2 is 2.32 bits per heavy atom. The van der Waals surface area contributed by atoms with Gasteiger partial charge in [-0.1, -0.05) is 11.6 Å². The third-order valence-corrected chi connectivity index (χ3v) is 5.46. The Kier molecular flexibility index (Phi) is 6.86.